The summed E-state index contributed by atoms with van der Waals surface area (Å²) in [6, 6.07) is 4.26. The predicted octanol–water partition coefficient (Wildman–Crippen LogP) is 3.36. The van der Waals surface area contributed by atoms with Crippen LogP contribution in [0.4, 0.5) is 0 Å². The van der Waals surface area contributed by atoms with Crippen molar-refractivity contribution in [1.29, 1.82) is 0 Å². The highest BCUT2D eigenvalue weighted by atomic mass is 35.5. The van der Waals surface area contributed by atoms with Crippen molar-refractivity contribution in [2.75, 3.05) is 13.1 Å². The molecule has 0 aromatic heterocycles. The van der Waals surface area contributed by atoms with E-state index in [1.165, 1.54) is 37.5 Å². The number of amides is 1. The molecular weight excluding hydrogens is 371 g/mol. The molecule has 5 nitrogen and oxygen atoms in total. The molecule has 1 fully saturated rings. The molecule has 0 radical (unpaired) electrons. The Bertz CT molecular complexity index is 674. The Morgan fingerprint density at radius 1 is 1.12 bits per heavy atom. The second-order valence-corrected chi connectivity index (χ2v) is 8.61. The number of halogens is 2. The Labute approximate surface area is 153 Å². The van der Waals surface area contributed by atoms with Gasteiger partial charge < -0.3 is 5.32 Å². The number of benzene rings is 1. The highest BCUT2D eigenvalue weighted by molar-refractivity contribution is 7.89. The Morgan fingerprint density at radius 3 is 2.54 bits per heavy atom. The van der Waals surface area contributed by atoms with Crippen LogP contribution in [0.15, 0.2) is 23.1 Å². The van der Waals surface area contributed by atoms with E-state index in [1.54, 1.807) is 0 Å². The smallest absolute Gasteiger partial charge is 0.242 e. The van der Waals surface area contributed by atoms with Gasteiger partial charge in [-0.2, -0.15) is 0 Å². The molecule has 0 saturated heterocycles. The quantitative estimate of drug-likeness (QED) is 0.698. The minimum Gasteiger partial charge on any atom is -0.355 e. The molecule has 24 heavy (non-hydrogen) atoms. The van der Waals surface area contributed by atoms with Crippen molar-refractivity contribution in [1.82, 2.24) is 10.0 Å². The van der Waals surface area contributed by atoms with E-state index in [4.69, 9.17) is 23.2 Å². The molecule has 1 aliphatic carbocycles. The zero-order valence-corrected chi connectivity index (χ0v) is 15.7. The minimum absolute atomic E-state index is 0.0260. The van der Waals surface area contributed by atoms with Gasteiger partial charge in [0, 0.05) is 24.5 Å². The Kier molecular flexibility index (Phi) is 7.34. The topological polar surface area (TPSA) is 75.3 Å². The summed E-state index contributed by atoms with van der Waals surface area (Å²) >= 11 is 11.7. The summed E-state index contributed by atoms with van der Waals surface area (Å²) in [5, 5.41) is 3.15. The van der Waals surface area contributed by atoms with E-state index in [9.17, 15) is 13.2 Å². The molecule has 0 bridgehead atoms. The molecule has 2 rings (SSSR count). The largest absolute Gasteiger partial charge is 0.355 e. The lowest BCUT2D eigenvalue weighted by molar-refractivity contribution is -0.122. The van der Waals surface area contributed by atoms with Crippen LogP contribution < -0.4 is 10.0 Å². The molecule has 0 heterocycles. The van der Waals surface area contributed by atoms with Crippen LogP contribution in [-0.4, -0.2) is 27.4 Å². The molecule has 0 unspecified atom stereocenters. The normalized spacial score (nSPS) is 16.1. The van der Waals surface area contributed by atoms with Crippen molar-refractivity contribution in [3.05, 3.63) is 28.2 Å². The lowest BCUT2D eigenvalue weighted by atomic mass is 9.87. The lowest BCUT2D eigenvalue weighted by Crippen LogP contribution is -2.35. The van der Waals surface area contributed by atoms with Crippen molar-refractivity contribution in [2.45, 2.75) is 43.4 Å². The van der Waals surface area contributed by atoms with Gasteiger partial charge >= 0.3 is 0 Å². The summed E-state index contributed by atoms with van der Waals surface area (Å²) in [5.41, 5.74) is 0. The fraction of sp³-hybridized carbons (Fsp3) is 0.562. The summed E-state index contributed by atoms with van der Waals surface area (Å²) in [5.74, 6) is 0.433. The van der Waals surface area contributed by atoms with Crippen LogP contribution in [0.1, 0.15) is 38.5 Å². The summed E-state index contributed by atoms with van der Waals surface area (Å²) in [6.45, 7) is 0.338. The zero-order chi connectivity index (χ0) is 17.6. The first-order valence-corrected chi connectivity index (χ1v) is 10.3. The van der Waals surface area contributed by atoms with Crippen LogP contribution in [0.2, 0.25) is 10.0 Å². The van der Waals surface area contributed by atoms with Crippen molar-refractivity contribution in [2.24, 2.45) is 5.92 Å². The summed E-state index contributed by atoms with van der Waals surface area (Å²) < 4.78 is 26.8. The predicted molar refractivity (Wildman–Crippen MR) is 95.9 cm³/mol. The van der Waals surface area contributed by atoms with Crippen molar-refractivity contribution < 1.29 is 13.2 Å². The zero-order valence-electron chi connectivity index (χ0n) is 13.4. The van der Waals surface area contributed by atoms with Gasteiger partial charge in [0.25, 0.3) is 0 Å². The number of carbonyl (C=O) groups is 1. The first-order valence-electron chi connectivity index (χ1n) is 8.10. The van der Waals surface area contributed by atoms with Crippen LogP contribution in [-0.2, 0) is 14.8 Å². The van der Waals surface area contributed by atoms with Gasteiger partial charge in [-0.05, 0) is 37.0 Å². The van der Waals surface area contributed by atoms with Crippen LogP contribution >= 0.6 is 23.2 Å². The van der Waals surface area contributed by atoms with Gasteiger partial charge in [0.1, 0.15) is 4.90 Å². The highest BCUT2D eigenvalue weighted by Gasteiger charge is 2.19. The number of carbonyl (C=O) groups excluding carboxylic acids is 1. The van der Waals surface area contributed by atoms with Crippen LogP contribution in [0.5, 0.6) is 0 Å². The van der Waals surface area contributed by atoms with E-state index in [-0.39, 0.29) is 28.9 Å². The number of rotatable bonds is 7. The molecular formula is C16H22Cl2N2O3S. The molecule has 0 spiro atoms. The van der Waals surface area contributed by atoms with Gasteiger partial charge in [-0.25, -0.2) is 13.1 Å². The summed E-state index contributed by atoms with van der Waals surface area (Å²) in [4.78, 5) is 11.8. The van der Waals surface area contributed by atoms with Gasteiger partial charge in [0.05, 0.1) is 5.02 Å². The average Bonchev–Trinajstić information content (AvgIpc) is 2.55. The van der Waals surface area contributed by atoms with Gasteiger partial charge in [-0.15, -0.1) is 0 Å². The molecule has 8 heteroatoms. The molecule has 1 aromatic carbocycles. The third-order valence-corrected chi connectivity index (χ3v) is 6.30. The van der Waals surface area contributed by atoms with Gasteiger partial charge in [-0.3, -0.25) is 4.79 Å². The van der Waals surface area contributed by atoms with Gasteiger partial charge in [0.15, 0.2) is 0 Å². The number of nitrogens with one attached hydrogen (secondary N) is 2. The lowest BCUT2D eigenvalue weighted by Gasteiger charge is -2.20. The minimum atomic E-state index is -3.76. The first-order chi connectivity index (χ1) is 11.4. The molecule has 1 saturated carbocycles. The molecule has 2 N–H and O–H groups in total. The van der Waals surface area contributed by atoms with Crippen molar-refractivity contribution in [3.8, 4) is 0 Å². The second-order valence-electron chi connectivity index (χ2n) is 6.03. The van der Waals surface area contributed by atoms with Crippen LogP contribution in [0.3, 0.4) is 0 Å². The van der Waals surface area contributed by atoms with Gasteiger partial charge in [-0.1, -0.05) is 42.5 Å². The number of hydrogen-bond donors (Lipinski definition) is 2. The number of hydrogen-bond acceptors (Lipinski definition) is 3. The van der Waals surface area contributed by atoms with E-state index in [0.29, 0.717) is 17.4 Å². The molecule has 1 aliphatic rings. The van der Waals surface area contributed by atoms with Crippen LogP contribution in [0, 0.1) is 5.92 Å². The molecule has 1 aromatic rings. The Hall–Kier alpha value is -0.820. The maximum atomic E-state index is 12.2. The average molecular weight is 393 g/mol. The fourth-order valence-corrected chi connectivity index (χ4v) is 4.67. The van der Waals surface area contributed by atoms with E-state index >= 15 is 0 Å². The second kappa shape index (κ2) is 9.04. The fourth-order valence-electron chi connectivity index (χ4n) is 2.87. The Balaban J connectivity index is 1.76. The van der Waals surface area contributed by atoms with E-state index in [2.05, 4.69) is 10.0 Å². The van der Waals surface area contributed by atoms with Crippen molar-refractivity contribution in [3.63, 3.8) is 0 Å². The molecule has 134 valence electrons. The summed E-state index contributed by atoms with van der Waals surface area (Å²) in [7, 11) is -3.76. The standard InChI is InChI=1S/C16H22Cl2N2O3S/c17-13-6-7-14(18)15(11-13)24(22,23)20-9-8-19-16(21)10-12-4-2-1-3-5-12/h6-7,11-12,20H,1-5,8-10H2,(H,19,21). The maximum Gasteiger partial charge on any atom is 0.242 e. The number of sulfonamides is 1. The van der Waals surface area contributed by atoms with E-state index in [1.807, 2.05) is 0 Å². The first kappa shape index (κ1) is 19.5. The molecule has 1 amide bonds. The molecule has 0 atom stereocenters. The van der Waals surface area contributed by atoms with Crippen LogP contribution in [0.25, 0.3) is 0 Å². The van der Waals surface area contributed by atoms with E-state index < -0.39 is 10.0 Å². The highest BCUT2D eigenvalue weighted by Crippen LogP contribution is 2.26. The maximum absolute atomic E-state index is 12.2. The molecule has 0 aliphatic heterocycles. The van der Waals surface area contributed by atoms with E-state index in [0.717, 1.165) is 12.8 Å². The van der Waals surface area contributed by atoms with Gasteiger partial charge in [0.2, 0.25) is 15.9 Å². The monoisotopic (exact) mass is 392 g/mol. The Morgan fingerprint density at radius 2 is 1.83 bits per heavy atom. The summed E-state index contributed by atoms with van der Waals surface area (Å²) in [6.07, 6.45) is 6.37. The third-order valence-electron chi connectivity index (χ3n) is 4.12. The SMILES string of the molecule is O=C(CC1CCCCC1)NCCNS(=O)(=O)c1cc(Cl)ccc1Cl. The third kappa shape index (κ3) is 5.92. The van der Waals surface area contributed by atoms with Crippen molar-refractivity contribution >= 4 is 39.1 Å².